The number of benzene rings is 1. The zero-order valence-corrected chi connectivity index (χ0v) is 15.1. The van der Waals surface area contributed by atoms with Gasteiger partial charge in [-0.1, -0.05) is 22.0 Å². The van der Waals surface area contributed by atoms with E-state index in [1.807, 2.05) is 37.3 Å². The molecule has 0 saturated carbocycles. The first-order chi connectivity index (χ1) is 12.1. The highest BCUT2D eigenvalue weighted by Gasteiger charge is 2.10. The quantitative estimate of drug-likeness (QED) is 0.684. The van der Waals surface area contributed by atoms with E-state index in [9.17, 15) is 4.79 Å². The maximum Gasteiger partial charge on any atom is 0.274 e. The van der Waals surface area contributed by atoms with Gasteiger partial charge >= 0.3 is 0 Å². The summed E-state index contributed by atoms with van der Waals surface area (Å²) in [6.07, 6.45) is 4.87. The number of aryl methyl sites for hydroxylation is 1. The Kier molecular flexibility index (Phi) is 5.35. The number of hydrogen-bond acceptors (Lipinski definition) is 5. The molecule has 0 radical (unpaired) electrons. The molecule has 0 fully saturated rings. The van der Waals surface area contributed by atoms with Gasteiger partial charge in [0.15, 0.2) is 0 Å². The van der Waals surface area contributed by atoms with Crippen LogP contribution in [-0.2, 0) is 6.54 Å². The van der Waals surface area contributed by atoms with Crippen molar-refractivity contribution < 1.29 is 4.79 Å². The van der Waals surface area contributed by atoms with Crippen molar-refractivity contribution in [3.63, 3.8) is 0 Å². The third-order valence-electron chi connectivity index (χ3n) is 3.53. The fourth-order valence-electron chi connectivity index (χ4n) is 2.23. The van der Waals surface area contributed by atoms with Crippen LogP contribution in [0.15, 0.2) is 59.6 Å². The SMILES string of the molecule is Cc1cc(Br)ccc1NC(=O)c1cc(NCc2cccnc2)ncn1. The van der Waals surface area contributed by atoms with E-state index in [2.05, 4.69) is 41.5 Å². The van der Waals surface area contributed by atoms with Gasteiger partial charge < -0.3 is 10.6 Å². The summed E-state index contributed by atoms with van der Waals surface area (Å²) in [5, 5.41) is 6.03. The van der Waals surface area contributed by atoms with Gasteiger partial charge in [-0.05, 0) is 42.3 Å². The summed E-state index contributed by atoms with van der Waals surface area (Å²) >= 11 is 3.41. The van der Waals surface area contributed by atoms with E-state index < -0.39 is 0 Å². The van der Waals surface area contributed by atoms with Crippen LogP contribution in [0.1, 0.15) is 21.6 Å². The van der Waals surface area contributed by atoms with Gasteiger partial charge in [-0.2, -0.15) is 0 Å². The van der Waals surface area contributed by atoms with E-state index in [0.717, 1.165) is 21.3 Å². The molecule has 2 aromatic heterocycles. The van der Waals surface area contributed by atoms with Crippen LogP contribution in [0.3, 0.4) is 0 Å². The van der Waals surface area contributed by atoms with Crippen molar-refractivity contribution >= 4 is 33.3 Å². The maximum atomic E-state index is 12.4. The third-order valence-corrected chi connectivity index (χ3v) is 4.03. The van der Waals surface area contributed by atoms with Crippen molar-refractivity contribution in [2.24, 2.45) is 0 Å². The van der Waals surface area contributed by atoms with Gasteiger partial charge in [-0.15, -0.1) is 0 Å². The zero-order chi connectivity index (χ0) is 17.6. The Bertz CT molecular complexity index is 886. The minimum absolute atomic E-state index is 0.280. The average molecular weight is 398 g/mol. The summed E-state index contributed by atoms with van der Waals surface area (Å²) < 4.78 is 0.965. The third kappa shape index (κ3) is 4.60. The van der Waals surface area contributed by atoms with Crippen LogP contribution in [-0.4, -0.2) is 20.9 Å². The van der Waals surface area contributed by atoms with E-state index in [1.165, 1.54) is 6.33 Å². The van der Waals surface area contributed by atoms with Gasteiger partial charge in [0.05, 0.1) is 0 Å². The summed E-state index contributed by atoms with van der Waals surface area (Å²) in [7, 11) is 0. The second kappa shape index (κ2) is 7.85. The fourth-order valence-corrected chi connectivity index (χ4v) is 2.70. The molecule has 6 nitrogen and oxygen atoms in total. The van der Waals surface area contributed by atoms with Gasteiger partial charge in [0, 0.05) is 35.2 Å². The number of hydrogen-bond donors (Lipinski definition) is 2. The second-order valence-electron chi connectivity index (χ2n) is 5.42. The lowest BCUT2D eigenvalue weighted by atomic mass is 10.2. The molecule has 0 aliphatic heterocycles. The molecule has 1 amide bonds. The molecule has 0 spiro atoms. The molecule has 0 unspecified atom stereocenters. The molecular formula is C18H16BrN5O. The van der Waals surface area contributed by atoms with E-state index >= 15 is 0 Å². The number of carbonyl (C=O) groups is 1. The lowest BCUT2D eigenvalue weighted by Crippen LogP contribution is -2.15. The molecule has 3 rings (SSSR count). The smallest absolute Gasteiger partial charge is 0.274 e. The predicted molar refractivity (Wildman–Crippen MR) is 100 cm³/mol. The van der Waals surface area contributed by atoms with Crippen molar-refractivity contribution in [2.45, 2.75) is 13.5 Å². The molecule has 0 aliphatic carbocycles. The monoisotopic (exact) mass is 397 g/mol. The largest absolute Gasteiger partial charge is 0.366 e. The average Bonchev–Trinajstić information content (AvgIpc) is 2.63. The Hall–Kier alpha value is -2.80. The van der Waals surface area contributed by atoms with Crippen molar-refractivity contribution in [3.05, 3.63) is 76.4 Å². The Morgan fingerprint density at radius 3 is 2.84 bits per heavy atom. The summed E-state index contributed by atoms with van der Waals surface area (Å²) in [6, 6.07) is 11.1. The van der Waals surface area contributed by atoms with Crippen LogP contribution in [0.2, 0.25) is 0 Å². The maximum absolute atomic E-state index is 12.4. The number of carbonyl (C=O) groups excluding carboxylic acids is 1. The van der Waals surface area contributed by atoms with Gasteiger partial charge in [0.1, 0.15) is 17.8 Å². The topological polar surface area (TPSA) is 79.8 Å². The minimum atomic E-state index is -0.280. The number of rotatable bonds is 5. The summed E-state index contributed by atoms with van der Waals surface area (Å²) in [5.41, 5.74) is 3.03. The molecule has 0 bridgehead atoms. The standard InChI is InChI=1S/C18H16BrN5O/c1-12-7-14(19)4-5-15(12)24-18(25)16-8-17(23-11-22-16)21-10-13-3-2-6-20-9-13/h2-9,11H,10H2,1H3,(H,24,25)(H,21,22,23). The number of amides is 1. The van der Waals surface area contributed by atoms with E-state index in [-0.39, 0.29) is 5.91 Å². The van der Waals surface area contributed by atoms with Gasteiger partial charge in [0.25, 0.3) is 5.91 Å². The molecule has 2 N–H and O–H groups in total. The number of aromatic nitrogens is 3. The highest BCUT2D eigenvalue weighted by Crippen LogP contribution is 2.20. The van der Waals surface area contributed by atoms with Crippen molar-refractivity contribution in [3.8, 4) is 0 Å². The van der Waals surface area contributed by atoms with E-state index in [0.29, 0.717) is 18.1 Å². The van der Waals surface area contributed by atoms with Crippen LogP contribution >= 0.6 is 15.9 Å². The molecule has 7 heteroatoms. The van der Waals surface area contributed by atoms with Gasteiger partial charge in [0.2, 0.25) is 0 Å². The summed E-state index contributed by atoms with van der Waals surface area (Å²) in [4.78, 5) is 24.7. The number of pyridine rings is 1. The molecule has 0 atom stereocenters. The molecule has 0 aliphatic rings. The van der Waals surface area contributed by atoms with Gasteiger partial charge in [-0.25, -0.2) is 9.97 Å². The minimum Gasteiger partial charge on any atom is -0.366 e. The first-order valence-corrected chi connectivity index (χ1v) is 8.43. The molecule has 2 heterocycles. The number of nitrogens with one attached hydrogen (secondary N) is 2. The Balaban J connectivity index is 1.69. The molecule has 3 aromatic rings. The number of halogens is 1. The molecule has 25 heavy (non-hydrogen) atoms. The second-order valence-corrected chi connectivity index (χ2v) is 6.33. The normalized spacial score (nSPS) is 10.3. The Labute approximate surface area is 153 Å². The fraction of sp³-hybridized carbons (Fsp3) is 0.111. The predicted octanol–water partition coefficient (Wildman–Crippen LogP) is 3.81. The highest BCUT2D eigenvalue weighted by atomic mass is 79.9. The van der Waals surface area contributed by atoms with E-state index in [1.54, 1.807) is 18.5 Å². The van der Waals surface area contributed by atoms with Gasteiger partial charge in [-0.3, -0.25) is 9.78 Å². The highest BCUT2D eigenvalue weighted by molar-refractivity contribution is 9.10. The number of nitrogens with zero attached hydrogens (tertiary/aromatic N) is 3. The Morgan fingerprint density at radius 2 is 2.08 bits per heavy atom. The first-order valence-electron chi connectivity index (χ1n) is 7.64. The van der Waals surface area contributed by atoms with Crippen molar-refractivity contribution in [1.29, 1.82) is 0 Å². The Morgan fingerprint density at radius 1 is 1.20 bits per heavy atom. The first kappa shape index (κ1) is 17.0. The van der Waals surface area contributed by atoms with Crippen LogP contribution in [0, 0.1) is 6.92 Å². The van der Waals surface area contributed by atoms with E-state index in [4.69, 9.17) is 0 Å². The summed E-state index contributed by atoms with van der Waals surface area (Å²) in [6.45, 7) is 2.50. The molecule has 0 saturated heterocycles. The van der Waals surface area contributed by atoms with Crippen molar-refractivity contribution in [2.75, 3.05) is 10.6 Å². The van der Waals surface area contributed by atoms with Crippen LogP contribution in [0.5, 0.6) is 0 Å². The molecule has 1 aromatic carbocycles. The van der Waals surface area contributed by atoms with Crippen LogP contribution in [0.4, 0.5) is 11.5 Å². The van der Waals surface area contributed by atoms with Crippen LogP contribution in [0.25, 0.3) is 0 Å². The lowest BCUT2D eigenvalue weighted by molar-refractivity contribution is 0.102. The summed E-state index contributed by atoms with van der Waals surface area (Å²) in [5.74, 6) is 0.300. The zero-order valence-electron chi connectivity index (χ0n) is 13.5. The van der Waals surface area contributed by atoms with Crippen molar-refractivity contribution in [1.82, 2.24) is 15.0 Å². The van der Waals surface area contributed by atoms with Crippen LogP contribution < -0.4 is 10.6 Å². The molecular weight excluding hydrogens is 382 g/mol. The molecule has 126 valence electrons. The number of anilines is 2. The lowest BCUT2D eigenvalue weighted by Gasteiger charge is -2.09.